The molecular formula is C17H35NSi. The zero-order chi connectivity index (χ0) is 15.4. The molecule has 2 atom stereocenters. The number of hydrogen-bond acceptors (Lipinski definition) is 1. The quantitative estimate of drug-likeness (QED) is 0.494. The lowest BCUT2D eigenvalue weighted by atomic mass is 10.1. The molecule has 1 rings (SSSR count). The molecule has 1 aliphatic rings. The van der Waals surface area contributed by atoms with E-state index >= 15 is 0 Å². The molecule has 0 spiro atoms. The lowest BCUT2D eigenvalue weighted by molar-refractivity contribution is 0.512. The Bertz CT molecular complexity index is 360. The monoisotopic (exact) mass is 281 g/mol. The van der Waals surface area contributed by atoms with Crippen molar-refractivity contribution >= 4 is 13.4 Å². The van der Waals surface area contributed by atoms with E-state index in [9.17, 15) is 0 Å². The molecule has 0 aromatic carbocycles. The predicted octanol–water partition coefficient (Wildman–Crippen LogP) is 5.85. The van der Waals surface area contributed by atoms with Gasteiger partial charge < -0.3 is 0 Å². The van der Waals surface area contributed by atoms with Crippen LogP contribution in [0, 0.1) is 5.92 Å². The third kappa shape index (κ3) is 2.45. The second kappa shape index (κ2) is 4.44. The molecule has 0 aliphatic carbocycles. The van der Waals surface area contributed by atoms with Gasteiger partial charge in [0.1, 0.15) is 8.07 Å². The molecule has 1 heterocycles. The highest BCUT2D eigenvalue weighted by molar-refractivity contribution is 7.15. The first-order chi connectivity index (χ1) is 8.16. The average Bonchev–Trinajstić information content (AvgIpc) is 2.10. The highest BCUT2D eigenvalue weighted by Gasteiger charge is 2.68. The van der Waals surface area contributed by atoms with E-state index in [2.05, 4.69) is 76.2 Å². The summed E-state index contributed by atoms with van der Waals surface area (Å²) < 4.78 is 0. The Morgan fingerprint density at radius 2 is 1.16 bits per heavy atom. The zero-order valence-electron chi connectivity index (χ0n) is 15.1. The summed E-state index contributed by atoms with van der Waals surface area (Å²) in [5, 5.41) is 2.34. The second-order valence-corrected chi connectivity index (χ2v) is 15.6. The van der Waals surface area contributed by atoms with Gasteiger partial charge in [-0.1, -0.05) is 55.4 Å². The van der Waals surface area contributed by atoms with Crippen molar-refractivity contribution in [2.45, 2.75) is 97.3 Å². The van der Waals surface area contributed by atoms with Crippen molar-refractivity contribution in [1.29, 1.82) is 0 Å². The summed E-state index contributed by atoms with van der Waals surface area (Å²) in [5.74, 6) is 0.671. The van der Waals surface area contributed by atoms with Gasteiger partial charge in [-0.05, 0) is 42.3 Å². The fraction of sp³-hybridized carbons (Fsp3) is 0.941. The third-order valence-electron chi connectivity index (χ3n) is 5.09. The molecule has 0 aromatic heterocycles. The van der Waals surface area contributed by atoms with Crippen molar-refractivity contribution in [1.82, 2.24) is 0 Å². The average molecular weight is 282 g/mol. The van der Waals surface area contributed by atoms with Gasteiger partial charge in [0.15, 0.2) is 0 Å². The van der Waals surface area contributed by atoms with E-state index in [0.29, 0.717) is 16.0 Å². The third-order valence-corrected chi connectivity index (χ3v) is 13.1. The fourth-order valence-electron chi connectivity index (χ4n) is 4.92. The van der Waals surface area contributed by atoms with Crippen LogP contribution >= 0.6 is 0 Å². The van der Waals surface area contributed by atoms with Crippen molar-refractivity contribution in [3.63, 3.8) is 0 Å². The number of hydrogen-bond donors (Lipinski definition) is 0. The van der Waals surface area contributed by atoms with Crippen molar-refractivity contribution in [2.24, 2.45) is 10.9 Å². The maximum absolute atomic E-state index is 5.21. The van der Waals surface area contributed by atoms with E-state index in [1.807, 2.05) is 0 Å². The Morgan fingerprint density at radius 1 is 0.789 bits per heavy atom. The number of nitrogens with zero attached hydrogens (tertiary/aromatic N) is 1. The van der Waals surface area contributed by atoms with Crippen LogP contribution in [-0.4, -0.2) is 18.9 Å². The molecule has 1 aliphatic heterocycles. The summed E-state index contributed by atoms with van der Waals surface area (Å²) in [4.78, 5) is 5.21. The van der Waals surface area contributed by atoms with E-state index in [4.69, 9.17) is 4.99 Å². The van der Waals surface area contributed by atoms with Crippen LogP contribution in [0.1, 0.15) is 76.2 Å². The van der Waals surface area contributed by atoms with E-state index in [0.717, 1.165) is 5.54 Å². The standard InChI is InChI=1S/C17H35NSi/c1-12-13(2)19(16(6,7)8,17(9,10)11)14(12)18-15(3,4)5/h12-13H,1-11H3/t12-,13+/m0/s1. The first-order valence-corrected chi connectivity index (χ1v) is 9.84. The fourth-order valence-corrected chi connectivity index (χ4v) is 14.0. The van der Waals surface area contributed by atoms with Crippen LogP contribution in [0.3, 0.4) is 0 Å². The summed E-state index contributed by atoms with van der Waals surface area (Å²) in [5.41, 5.74) is 0.881. The smallest absolute Gasteiger partial charge is 0.119 e. The minimum absolute atomic E-state index is 0.0541. The van der Waals surface area contributed by atoms with Crippen LogP contribution in [0.15, 0.2) is 4.99 Å². The SMILES string of the molecule is C[C@@H]1C(=NC(C)(C)C)[Si](C(C)(C)C)(C(C)(C)C)[C@@H]1C. The Morgan fingerprint density at radius 3 is 1.42 bits per heavy atom. The molecule has 0 radical (unpaired) electrons. The second-order valence-electron chi connectivity index (χ2n) is 9.55. The van der Waals surface area contributed by atoms with Crippen LogP contribution in [0.4, 0.5) is 0 Å². The summed E-state index contributed by atoms with van der Waals surface area (Å²) in [7, 11) is -1.60. The van der Waals surface area contributed by atoms with Crippen LogP contribution in [0.25, 0.3) is 0 Å². The first-order valence-electron chi connectivity index (χ1n) is 7.76. The molecule has 1 fully saturated rings. The Balaban J connectivity index is 3.51. The van der Waals surface area contributed by atoms with Crippen LogP contribution < -0.4 is 0 Å². The summed E-state index contributed by atoms with van der Waals surface area (Å²) in [6.07, 6.45) is 0. The van der Waals surface area contributed by atoms with Gasteiger partial charge in [0.25, 0.3) is 0 Å². The van der Waals surface area contributed by atoms with Crippen LogP contribution in [0.2, 0.25) is 15.6 Å². The zero-order valence-corrected chi connectivity index (χ0v) is 16.1. The molecule has 0 N–H and O–H groups in total. The highest BCUT2D eigenvalue weighted by atomic mass is 28.3. The molecule has 0 amide bonds. The topological polar surface area (TPSA) is 12.4 Å². The largest absolute Gasteiger partial charge is 0.293 e. The maximum atomic E-state index is 5.21. The van der Waals surface area contributed by atoms with Gasteiger partial charge in [-0.3, -0.25) is 4.99 Å². The van der Waals surface area contributed by atoms with E-state index in [1.54, 1.807) is 5.33 Å². The molecule has 0 aromatic rings. The molecule has 1 nitrogen and oxygen atoms in total. The molecular weight excluding hydrogens is 246 g/mol. The first kappa shape index (κ1) is 16.9. The van der Waals surface area contributed by atoms with Crippen LogP contribution in [0.5, 0.6) is 0 Å². The highest BCUT2D eigenvalue weighted by Crippen LogP contribution is 2.66. The number of aliphatic imine (C=N–C) groups is 1. The lowest BCUT2D eigenvalue weighted by Crippen LogP contribution is -2.72. The molecule has 112 valence electrons. The minimum Gasteiger partial charge on any atom is -0.293 e. The van der Waals surface area contributed by atoms with Crippen molar-refractivity contribution in [3.8, 4) is 0 Å². The van der Waals surface area contributed by atoms with Gasteiger partial charge in [-0.2, -0.15) is 0 Å². The maximum Gasteiger partial charge on any atom is 0.119 e. The van der Waals surface area contributed by atoms with Gasteiger partial charge in [0, 0.05) is 5.33 Å². The Hall–Kier alpha value is -0.113. The molecule has 0 bridgehead atoms. The van der Waals surface area contributed by atoms with Crippen molar-refractivity contribution in [2.75, 3.05) is 0 Å². The van der Waals surface area contributed by atoms with Gasteiger partial charge >= 0.3 is 0 Å². The number of rotatable bonds is 0. The van der Waals surface area contributed by atoms with Crippen molar-refractivity contribution < 1.29 is 0 Å². The normalized spacial score (nSPS) is 30.4. The summed E-state index contributed by atoms with van der Waals surface area (Å²) >= 11 is 0. The van der Waals surface area contributed by atoms with E-state index in [-0.39, 0.29) is 5.54 Å². The summed E-state index contributed by atoms with van der Waals surface area (Å²) in [6, 6.07) is 0. The molecule has 2 heteroatoms. The lowest BCUT2D eigenvalue weighted by Gasteiger charge is -2.66. The Labute approximate surface area is 122 Å². The minimum atomic E-state index is -1.60. The van der Waals surface area contributed by atoms with Gasteiger partial charge in [-0.15, -0.1) is 0 Å². The van der Waals surface area contributed by atoms with E-state index < -0.39 is 8.07 Å². The molecule has 19 heavy (non-hydrogen) atoms. The molecule has 0 unspecified atom stereocenters. The van der Waals surface area contributed by atoms with Gasteiger partial charge in [0.05, 0.1) is 5.54 Å². The van der Waals surface area contributed by atoms with Gasteiger partial charge in [-0.25, -0.2) is 0 Å². The predicted molar refractivity (Wildman–Crippen MR) is 91.0 cm³/mol. The summed E-state index contributed by atoms with van der Waals surface area (Å²) in [6.45, 7) is 26.3. The van der Waals surface area contributed by atoms with E-state index in [1.165, 1.54) is 0 Å². The Kier molecular flexibility index (Phi) is 3.96. The van der Waals surface area contributed by atoms with Crippen molar-refractivity contribution in [3.05, 3.63) is 0 Å². The van der Waals surface area contributed by atoms with Crippen LogP contribution in [-0.2, 0) is 0 Å². The molecule has 0 saturated carbocycles. The molecule has 1 saturated heterocycles. The van der Waals surface area contributed by atoms with Gasteiger partial charge in [0.2, 0.25) is 0 Å².